The van der Waals surface area contributed by atoms with Crippen LogP contribution in [0, 0.1) is 0 Å². The van der Waals surface area contributed by atoms with Crippen molar-refractivity contribution in [1.29, 1.82) is 0 Å². The van der Waals surface area contributed by atoms with Crippen LogP contribution in [0.15, 0.2) is 16.7 Å². The zero-order chi connectivity index (χ0) is 12.4. The third kappa shape index (κ3) is 2.69. The Kier molecular flexibility index (Phi) is 3.51. The summed E-state index contributed by atoms with van der Waals surface area (Å²) in [4.78, 5) is 16.6. The number of carbonyl (C=O) groups is 1. The van der Waals surface area contributed by atoms with E-state index in [0.717, 1.165) is 23.1 Å². The van der Waals surface area contributed by atoms with Crippen LogP contribution in [0.2, 0.25) is 0 Å². The van der Waals surface area contributed by atoms with Gasteiger partial charge in [0, 0.05) is 19.0 Å². The Bertz CT molecular complexity index is 431. The van der Waals surface area contributed by atoms with Crippen LogP contribution in [0.1, 0.15) is 24.5 Å². The molecule has 0 aromatic carbocycles. The highest BCUT2D eigenvalue weighted by Gasteiger charge is 2.25. The third-order valence-corrected chi connectivity index (χ3v) is 3.52. The van der Waals surface area contributed by atoms with Gasteiger partial charge in [0.05, 0.1) is 11.4 Å². The van der Waals surface area contributed by atoms with Gasteiger partial charge in [-0.25, -0.2) is 9.78 Å². The Morgan fingerprint density at radius 1 is 1.47 bits per heavy atom. The highest BCUT2D eigenvalue weighted by molar-refractivity contribution is 9.10. The normalized spacial score (nSPS) is 17.1. The summed E-state index contributed by atoms with van der Waals surface area (Å²) in [5, 5.41) is 8.87. The van der Waals surface area contributed by atoms with Crippen LogP contribution in [0.3, 0.4) is 0 Å². The number of amides is 1. The summed E-state index contributed by atoms with van der Waals surface area (Å²) in [6.45, 7) is 1.10. The molecule has 1 aromatic rings. The largest absolute Gasteiger partial charge is 0.465 e. The maximum absolute atomic E-state index is 10.8. The first-order valence-corrected chi connectivity index (χ1v) is 6.27. The molecule has 0 aliphatic carbocycles. The Labute approximate surface area is 108 Å². The predicted molar refractivity (Wildman–Crippen MR) is 67.9 cm³/mol. The Morgan fingerprint density at radius 3 is 2.71 bits per heavy atom. The fourth-order valence-electron chi connectivity index (χ4n) is 2.13. The molecule has 6 heteroatoms. The highest BCUT2D eigenvalue weighted by atomic mass is 79.9. The molecule has 1 saturated heterocycles. The second-order valence-corrected chi connectivity index (χ2v) is 4.96. The highest BCUT2D eigenvalue weighted by Crippen LogP contribution is 2.31. The molecule has 2 heterocycles. The van der Waals surface area contributed by atoms with Crippen molar-refractivity contribution in [2.45, 2.75) is 18.8 Å². The number of rotatable bonds is 1. The van der Waals surface area contributed by atoms with Crippen LogP contribution in [-0.4, -0.2) is 34.2 Å². The van der Waals surface area contributed by atoms with Gasteiger partial charge in [0.2, 0.25) is 0 Å². The van der Waals surface area contributed by atoms with Crippen LogP contribution in [0.4, 0.5) is 10.5 Å². The molecule has 0 radical (unpaired) electrons. The lowest BCUT2D eigenvalue weighted by Crippen LogP contribution is -2.37. The van der Waals surface area contributed by atoms with E-state index in [9.17, 15) is 4.79 Å². The topological polar surface area (TPSA) is 79.5 Å². The van der Waals surface area contributed by atoms with Crippen molar-refractivity contribution in [3.8, 4) is 0 Å². The standard InChI is InChI=1S/C11H14BrN3O2/c12-9-2-1-8(13)10(14-9)7-3-5-15(6-4-7)11(16)17/h1-2,7H,3-6,13H2,(H,16,17). The van der Waals surface area contributed by atoms with Gasteiger partial charge in [-0.3, -0.25) is 0 Å². The van der Waals surface area contributed by atoms with Crippen LogP contribution in [-0.2, 0) is 0 Å². The van der Waals surface area contributed by atoms with Crippen LogP contribution < -0.4 is 5.73 Å². The zero-order valence-corrected chi connectivity index (χ0v) is 10.9. The van der Waals surface area contributed by atoms with Crippen molar-refractivity contribution in [3.05, 3.63) is 22.4 Å². The van der Waals surface area contributed by atoms with E-state index >= 15 is 0 Å². The molecule has 1 aromatic heterocycles. The summed E-state index contributed by atoms with van der Waals surface area (Å²) in [5.41, 5.74) is 7.46. The molecule has 0 atom stereocenters. The fourth-order valence-corrected chi connectivity index (χ4v) is 2.46. The van der Waals surface area contributed by atoms with Gasteiger partial charge in [0.15, 0.2) is 0 Å². The second kappa shape index (κ2) is 4.91. The average molecular weight is 300 g/mol. The summed E-state index contributed by atoms with van der Waals surface area (Å²) in [5.74, 6) is 0.253. The SMILES string of the molecule is Nc1ccc(Br)nc1C1CCN(C(=O)O)CC1. The van der Waals surface area contributed by atoms with Crippen molar-refractivity contribution in [1.82, 2.24) is 9.88 Å². The summed E-state index contributed by atoms with van der Waals surface area (Å²) in [6, 6.07) is 3.64. The lowest BCUT2D eigenvalue weighted by Gasteiger charge is -2.30. The van der Waals surface area contributed by atoms with Gasteiger partial charge in [-0.1, -0.05) is 0 Å². The summed E-state index contributed by atoms with van der Waals surface area (Å²) in [6.07, 6.45) is 0.707. The minimum atomic E-state index is -0.848. The van der Waals surface area contributed by atoms with Crippen molar-refractivity contribution in [2.75, 3.05) is 18.8 Å². The van der Waals surface area contributed by atoms with E-state index in [-0.39, 0.29) is 5.92 Å². The molecule has 1 aliphatic rings. The number of halogens is 1. The number of hydrogen-bond donors (Lipinski definition) is 2. The first-order valence-electron chi connectivity index (χ1n) is 5.47. The number of piperidine rings is 1. The molecule has 1 fully saturated rings. The molecule has 1 aliphatic heterocycles. The number of carboxylic acid groups (broad SMARTS) is 1. The van der Waals surface area contributed by atoms with Gasteiger partial charge >= 0.3 is 6.09 Å². The molecule has 2 rings (SSSR count). The van der Waals surface area contributed by atoms with Gasteiger partial charge < -0.3 is 15.7 Å². The monoisotopic (exact) mass is 299 g/mol. The number of nitrogens with two attached hydrogens (primary N) is 1. The Morgan fingerprint density at radius 2 is 2.12 bits per heavy atom. The molecule has 92 valence electrons. The molecule has 0 bridgehead atoms. The number of nitrogen functional groups attached to an aromatic ring is 1. The maximum atomic E-state index is 10.8. The molecule has 5 nitrogen and oxygen atoms in total. The molecular weight excluding hydrogens is 286 g/mol. The van der Waals surface area contributed by atoms with Gasteiger partial charge in [-0.2, -0.15) is 0 Å². The number of likely N-dealkylation sites (tertiary alicyclic amines) is 1. The summed E-state index contributed by atoms with van der Waals surface area (Å²) in [7, 11) is 0. The average Bonchev–Trinajstić information content (AvgIpc) is 2.32. The number of aromatic nitrogens is 1. The first-order chi connectivity index (χ1) is 8.08. The van der Waals surface area contributed by atoms with Crippen molar-refractivity contribution >= 4 is 27.7 Å². The van der Waals surface area contributed by atoms with Crippen LogP contribution in [0.5, 0.6) is 0 Å². The number of anilines is 1. The van der Waals surface area contributed by atoms with E-state index in [0.29, 0.717) is 18.8 Å². The fraction of sp³-hybridized carbons (Fsp3) is 0.455. The smallest absolute Gasteiger partial charge is 0.407 e. The lowest BCUT2D eigenvalue weighted by molar-refractivity contribution is 0.132. The van der Waals surface area contributed by atoms with E-state index in [1.165, 1.54) is 4.90 Å². The minimum Gasteiger partial charge on any atom is -0.465 e. The van der Waals surface area contributed by atoms with E-state index < -0.39 is 6.09 Å². The van der Waals surface area contributed by atoms with E-state index in [1.807, 2.05) is 12.1 Å². The van der Waals surface area contributed by atoms with Crippen molar-refractivity contribution < 1.29 is 9.90 Å². The minimum absolute atomic E-state index is 0.253. The third-order valence-electron chi connectivity index (χ3n) is 3.08. The van der Waals surface area contributed by atoms with E-state index in [1.54, 1.807) is 0 Å². The molecule has 17 heavy (non-hydrogen) atoms. The quantitative estimate of drug-likeness (QED) is 0.780. The number of pyridine rings is 1. The van der Waals surface area contributed by atoms with Gasteiger partial charge in [-0.05, 0) is 40.9 Å². The second-order valence-electron chi connectivity index (χ2n) is 4.15. The van der Waals surface area contributed by atoms with Crippen molar-refractivity contribution in [2.24, 2.45) is 0 Å². The van der Waals surface area contributed by atoms with E-state index in [2.05, 4.69) is 20.9 Å². The summed E-state index contributed by atoms with van der Waals surface area (Å²) >= 11 is 3.33. The zero-order valence-electron chi connectivity index (χ0n) is 9.27. The van der Waals surface area contributed by atoms with Gasteiger partial charge in [0.25, 0.3) is 0 Å². The number of hydrogen-bond acceptors (Lipinski definition) is 3. The Hall–Kier alpha value is -1.30. The molecule has 3 N–H and O–H groups in total. The summed E-state index contributed by atoms with van der Waals surface area (Å²) < 4.78 is 0.766. The predicted octanol–water partition coefficient (Wildman–Crippen LogP) is 2.28. The van der Waals surface area contributed by atoms with Gasteiger partial charge in [-0.15, -0.1) is 0 Å². The lowest BCUT2D eigenvalue weighted by atomic mass is 9.92. The van der Waals surface area contributed by atoms with Gasteiger partial charge in [0.1, 0.15) is 4.60 Å². The van der Waals surface area contributed by atoms with Crippen LogP contribution in [0.25, 0.3) is 0 Å². The molecule has 0 spiro atoms. The Balaban J connectivity index is 2.10. The molecule has 0 unspecified atom stereocenters. The molecular formula is C11H14BrN3O2. The van der Waals surface area contributed by atoms with E-state index in [4.69, 9.17) is 10.8 Å². The van der Waals surface area contributed by atoms with Crippen LogP contribution >= 0.6 is 15.9 Å². The molecule has 0 saturated carbocycles. The maximum Gasteiger partial charge on any atom is 0.407 e. The molecule has 1 amide bonds. The van der Waals surface area contributed by atoms with Crippen molar-refractivity contribution in [3.63, 3.8) is 0 Å². The first kappa shape index (κ1) is 12.2. The number of nitrogens with zero attached hydrogens (tertiary/aromatic N) is 2.